The van der Waals surface area contributed by atoms with Gasteiger partial charge in [0.1, 0.15) is 21.5 Å². The van der Waals surface area contributed by atoms with Crippen molar-refractivity contribution in [2.24, 2.45) is 0 Å². The van der Waals surface area contributed by atoms with E-state index in [1.807, 2.05) is 31.2 Å². The molecule has 2 aromatic carbocycles. The number of carbonyl (C=O) groups is 1. The molecule has 2 aromatic heterocycles. The summed E-state index contributed by atoms with van der Waals surface area (Å²) in [7, 11) is 0. The monoisotopic (exact) mass is 380 g/mol. The molecule has 0 spiro atoms. The standard InChI is InChI=1S/C20H17FN4OS/c1-11-17(27-20(23-11)13-7-9-14(21)10-8-13)19(26)22-12(2)18-24-15-5-3-4-6-16(15)25-18/h3-10,12H,1-2H3,(H,22,26)(H,24,25). The summed E-state index contributed by atoms with van der Waals surface area (Å²) >= 11 is 1.29. The van der Waals surface area contributed by atoms with Crippen LogP contribution >= 0.6 is 11.3 Å². The molecule has 1 amide bonds. The molecule has 0 aliphatic rings. The van der Waals surface area contributed by atoms with Crippen LogP contribution in [-0.2, 0) is 0 Å². The van der Waals surface area contributed by atoms with Crippen LogP contribution in [0.4, 0.5) is 4.39 Å². The summed E-state index contributed by atoms with van der Waals surface area (Å²) in [6.07, 6.45) is 0. The number of fused-ring (bicyclic) bond motifs is 1. The number of halogens is 1. The lowest BCUT2D eigenvalue weighted by atomic mass is 10.2. The Bertz CT molecular complexity index is 1080. The number of aromatic amines is 1. The lowest BCUT2D eigenvalue weighted by molar-refractivity contribution is 0.0941. The third kappa shape index (κ3) is 3.46. The molecule has 0 radical (unpaired) electrons. The number of H-pyrrole nitrogens is 1. The first-order chi connectivity index (χ1) is 13.0. The number of benzene rings is 2. The first kappa shape index (κ1) is 17.4. The molecule has 7 heteroatoms. The summed E-state index contributed by atoms with van der Waals surface area (Å²) < 4.78 is 13.1. The average molecular weight is 380 g/mol. The molecule has 2 heterocycles. The Hall–Kier alpha value is -3.06. The summed E-state index contributed by atoms with van der Waals surface area (Å²) in [6.45, 7) is 3.68. The van der Waals surface area contributed by atoms with Crippen molar-refractivity contribution in [3.63, 3.8) is 0 Å². The number of aryl methyl sites for hydroxylation is 1. The second-order valence-corrected chi connectivity index (χ2v) is 7.27. The fourth-order valence-corrected chi connectivity index (χ4v) is 3.81. The average Bonchev–Trinajstić information content (AvgIpc) is 3.26. The van der Waals surface area contributed by atoms with Crippen LogP contribution in [0.15, 0.2) is 48.5 Å². The van der Waals surface area contributed by atoms with E-state index >= 15 is 0 Å². The molecule has 1 atom stereocenters. The fourth-order valence-electron chi connectivity index (χ4n) is 2.83. The van der Waals surface area contributed by atoms with Gasteiger partial charge in [-0.25, -0.2) is 14.4 Å². The van der Waals surface area contributed by atoms with Crippen LogP contribution in [0.1, 0.15) is 34.2 Å². The van der Waals surface area contributed by atoms with Crippen molar-refractivity contribution >= 4 is 28.3 Å². The number of rotatable bonds is 4. The van der Waals surface area contributed by atoms with Crippen molar-refractivity contribution in [3.8, 4) is 10.6 Å². The summed E-state index contributed by atoms with van der Waals surface area (Å²) in [5, 5.41) is 3.65. The largest absolute Gasteiger partial charge is 0.342 e. The lowest BCUT2D eigenvalue weighted by Gasteiger charge is -2.10. The van der Waals surface area contributed by atoms with Crippen molar-refractivity contribution in [1.82, 2.24) is 20.3 Å². The molecular formula is C20H17FN4OS. The number of aromatic nitrogens is 3. The molecule has 0 fully saturated rings. The van der Waals surface area contributed by atoms with Gasteiger partial charge in [-0.05, 0) is 50.2 Å². The minimum atomic E-state index is -0.301. The molecule has 2 N–H and O–H groups in total. The molecule has 0 saturated carbocycles. The molecular weight excluding hydrogens is 363 g/mol. The minimum absolute atomic E-state index is 0.202. The van der Waals surface area contributed by atoms with Gasteiger partial charge < -0.3 is 10.3 Å². The van der Waals surface area contributed by atoms with Crippen molar-refractivity contribution in [1.29, 1.82) is 0 Å². The number of hydrogen-bond acceptors (Lipinski definition) is 4. The van der Waals surface area contributed by atoms with Crippen molar-refractivity contribution < 1.29 is 9.18 Å². The Morgan fingerprint density at radius 3 is 2.63 bits per heavy atom. The zero-order valence-corrected chi connectivity index (χ0v) is 15.6. The Morgan fingerprint density at radius 1 is 1.15 bits per heavy atom. The van der Waals surface area contributed by atoms with Crippen LogP contribution in [0, 0.1) is 12.7 Å². The maximum atomic E-state index is 13.1. The first-order valence-electron chi connectivity index (χ1n) is 8.50. The van der Waals surface area contributed by atoms with Gasteiger partial charge in [-0.2, -0.15) is 0 Å². The molecule has 27 heavy (non-hydrogen) atoms. The van der Waals surface area contributed by atoms with Gasteiger partial charge in [0, 0.05) is 5.56 Å². The van der Waals surface area contributed by atoms with Gasteiger partial charge >= 0.3 is 0 Å². The minimum Gasteiger partial charge on any atom is -0.342 e. The predicted octanol–water partition coefficient (Wildman–Crippen LogP) is 4.62. The van der Waals surface area contributed by atoms with E-state index in [9.17, 15) is 9.18 Å². The van der Waals surface area contributed by atoms with E-state index in [-0.39, 0.29) is 17.8 Å². The topological polar surface area (TPSA) is 70.7 Å². The van der Waals surface area contributed by atoms with Gasteiger partial charge in [0.25, 0.3) is 5.91 Å². The Kier molecular flexibility index (Phi) is 4.45. The Morgan fingerprint density at radius 2 is 1.89 bits per heavy atom. The van der Waals surface area contributed by atoms with E-state index in [1.54, 1.807) is 19.1 Å². The highest BCUT2D eigenvalue weighted by atomic mass is 32.1. The smallest absolute Gasteiger partial charge is 0.263 e. The van der Waals surface area contributed by atoms with Crippen LogP contribution in [0.3, 0.4) is 0 Å². The maximum Gasteiger partial charge on any atom is 0.263 e. The fraction of sp³-hybridized carbons (Fsp3) is 0.150. The number of thiazole rings is 1. The quantitative estimate of drug-likeness (QED) is 0.542. The third-order valence-corrected chi connectivity index (χ3v) is 5.46. The SMILES string of the molecule is Cc1nc(-c2ccc(F)cc2)sc1C(=O)NC(C)c1nc2ccccc2[nH]1. The zero-order valence-electron chi connectivity index (χ0n) is 14.8. The maximum absolute atomic E-state index is 13.1. The number of hydrogen-bond donors (Lipinski definition) is 2. The van der Waals surface area contributed by atoms with Gasteiger partial charge in [0.05, 0.1) is 22.8 Å². The van der Waals surface area contributed by atoms with Gasteiger partial charge in [-0.15, -0.1) is 11.3 Å². The highest BCUT2D eigenvalue weighted by molar-refractivity contribution is 7.17. The molecule has 0 aliphatic carbocycles. The second kappa shape index (κ2) is 6.92. The first-order valence-corrected chi connectivity index (χ1v) is 9.32. The molecule has 0 saturated heterocycles. The summed E-state index contributed by atoms with van der Waals surface area (Å²) in [4.78, 5) is 25.5. The number of nitrogens with one attached hydrogen (secondary N) is 2. The van der Waals surface area contributed by atoms with Crippen molar-refractivity contribution in [3.05, 3.63) is 70.7 Å². The van der Waals surface area contributed by atoms with E-state index in [0.29, 0.717) is 21.4 Å². The van der Waals surface area contributed by atoms with Crippen molar-refractivity contribution in [2.75, 3.05) is 0 Å². The summed E-state index contributed by atoms with van der Waals surface area (Å²) in [6, 6.07) is 13.5. The number of para-hydroxylation sites is 2. The van der Waals surface area contributed by atoms with Crippen LogP contribution in [0.25, 0.3) is 21.6 Å². The molecule has 4 rings (SSSR count). The molecule has 0 aliphatic heterocycles. The molecule has 5 nitrogen and oxygen atoms in total. The Balaban J connectivity index is 1.54. The molecule has 0 bridgehead atoms. The van der Waals surface area contributed by atoms with Crippen LogP contribution < -0.4 is 5.32 Å². The van der Waals surface area contributed by atoms with Gasteiger partial charge in [0.15, 0.2) is 0 Å². The highest BCUT2D eigenvalue weighted by Crippen LogP contribution is 2.28. The van der Waals surface area contributed by atoms with Crippen LogP contribution in [0.2, 0.25) is 0 Å². The van der Waals surface area contributed by atoms with Gasteiger partial charge in [-0.3, -0.25) is 4.79 Å². The van der Waals surface area contributed by atoms with Crippen LogP contribution in [-0.4, -0.2) is 20.9 Å². The van der Waals surface area contributed by atoms with E-state index in [2.05, 4.69) is 20.3 Å². The summed E-state index contributed by atoms with van der Waals surface area (Å²) in [5.74, 6) is 0.196. The molecule has 4 aromatic rings. The molecule has 136 valence electrons. The van der Waals surface area contributed by atoms with E-state index < -0.39 is 0 Å². The highest BCUT2D eigenvalue weighted by Gasteiger charge is 2.20. The predicted molar refractivity (Wildman–Crippen MR) is 104 cm³/mol. The third-order valence-electron chi connectivity index (χ3n) is 4.26. The summed E-state index contributed by atoms with van der Waals surface area (Å²) in [5.41, 5.74) is 3.23. The number of nitrogens with zero attached hydrogens (tertiary/aromatic N) is 2. The van der Waals surface area contributed by atoms with Crippen LogP contribution in [0.5, 0.6) is 0 Å². The van der Waals surface area contributed by atoms with E-state index in [4.69, 9.17) is 0 Å². The van der Waals surface area contributed by atoms with Gasteiger partial charge in [-0.1, -0.05) is 12.1 Å². The number of carbonyl (C=O) groups excluding carboxylic acids is 1. The number of amides is 1. The van der Waals surface area contributed by atoms with E-state index in [1.165, 1.54) is 23.5 Å². The van der Waals surface area contributed by atoms with E-state index in [0.717, 1.165) is 16.6 Å². The normalized spacial score (nSPS) is 12.3. The lowest BCUT2D eigenvalue weighted by Crippen LogP contribution is -2.27. The second-order valence-electron chi connectivity index (χ2n) is 6.27. The van der Waals surface area contributed by atoms with Crippen molar-refractivity contribution in [2.45, 2.75) is 19.9 Å². The number of imidazole rings is 1. The zero-order chi connectivity index (χ0) is 19.0. The Labute approximate surface area is 159 Å². The molecule has 1 unspecified atom stereocenters. The van der Waals surface area contributed by atoms with Gasteiger partial charge in [0.2, 0.25) is 0 Å².